The van der Waals surface area contributed by atoms with E-state index in [1.807, 2.05) is 25.1 Å². The number of nitrogens with zero attached hydrogens (tertiary/aromatic N) is 1. The SMILES string of the molecule is CCOC(C)C(=O)N(CCN)CCc1ccccc1. The van der Waals surface area contributed by atoms with E-state index in [-0.39, 0.29) is 5.91 Å². The summed E-state index contributed by atoms with van der Waals surface area (Å²) in [7, 11) is 0. The highest BCUT2D eigenvalue weighted by molar-refractivity contribution is 5.80. The second-order valence-electron chi connectivity index (χ2n) is 4.45. The lowest BCUT2D eigenvalue weighted by Crippen LogP contribution is -2.42. The number of ether oxygens (including phenoxy) is 1. The van der Waals surface area contributed by atoms with E-state index < -0.39 is 6.10 Å². The molecule has 0 spiro atoms. The summed E-state index contributed by atoms with van der Waals surface area (Å²) in [5.74, 6) is 0.0169. The van der Waals surface area contributed by atoms with Gasteiger partial charge in [0.2, 0.25) is 0 Å². The fraction of sp³-hybridized carbons (Fsp3) is 0.533. The molecule has 0 heterocycles. The predicted molar refractivity (Wildman–Crippen MR) is 76.9 cm³/mol. The third-order valence-electron chi connectivity index (χ3n) is 2.99. The van der Waals surface area contributed by atoms with Crippen molar-refractivity contribution in [3.8, 4) is 0 Å². The molecule has 0 aromatic heterocycles. The molecule has 0 saturated carbocycles. The van der Waals surface area contributed by atoms with Gasteiger partial charge in [-0.25, -0.2) is 0 Å². The van der Waals surface area contributed by atoms with E-state index in [9.17, 15) is 4.79 Å². The number of benzene rings is 1. The molecule has 0 aliphatic rings. The van der Waals surface area contributed by atoms with Crippen molar-refractivity contribution in [2.45, 2.75) is 26.4 Å². The van der Waals surface area contributed by atoms with Gasteiger partial charge in [-0.05, 0) is 25.8 Å². The van der Waals surface area contributed by atoms with E-state index in [1.54, 1.807) is 11.8 Å². The van der Waals surface area contributed by atoms with Crippen LogP contribution in [0.5, 0.6) is 0 Å². The molecule has 1 aromatic rings. The number of amides is 1. The molecule has 0 bridgehead atoms. The van der Waals surface area contributed by atoms with Crippen molar-refractivity contribution in [3.63, 3.8) is 0 Å². The van der Waals surface area contributed by atoms with Crippen LogP contribution in [-0.4, -0.2) is 43.2 Å². The molecular formula is C15H24N2O2. The Labute approximate surface area is 115 Å². The monoisotopic (exact) mass is 264 g/mol. The van der Waals surface area contributed by atoms with Crippen LogP contribution in [0.25, 0.3) is 0 Å². The zero-order chi connectivity index (χ0) is 14.1. The second-order valence-corrected chi connectivity index (χ2v) is 4.45. The fourth-order valence-corrected chi connectivity index (χ4v) is 1.98. The minimum Gasteiger partial charge on any atom is -0.369 e. The molecule has 4 heteroatoms. The highest BCUT2D eigenvalue weighted by atomic mass is 16.5. The van der Waals surface area contributed by atoms with E-state index in [1.165, 1.54) is 5.56 Å². The third kappa shape index (κ3) is 5.41. The van der Waals surface area contributed by atoms with Crippen LogP contribution in [0.4, 0.5) is 0 Å². The van der Waals surface area contributed by atoms with Gasteiger partial charge in [0, 0.05) is 26.2 Å². The van der Waals surface area contributed by atoms with Crippen LogP contribution in [0.3, 0.4) is 0 Å². The first kappa shape index (κ1) is 15.7. The van der Waals surface area contributed by atoms with Gasteiger partial charge in [-0.2, -0.15) is 0 Å². The molecule has 0 aliphatic heterocycles. The zero-order valence-corrected chi connectivity index (χ0v) is 11.8. The van der Waals surface area contributed by atoms with Crippen LogP contribution in [0, 0.1) is 0 Å². The largest absolute Gasteiger partial charge is 0.369 e. The molecule has 0 fully saturated rings. The van der Waals surface area contributed by atoms with Crippen LogP contribution in [0.15, 0.2) is 30.3 Å². The van der Waals surface area contributed by atoms with Gasteiger partial charge in [0.15, 0.2) is 0 Å². The Kier molecular flexibility index (Phi) is 7.15. The molecule has 1 atom stereocenters. The summed E-state index contributed by atoms with van der Waals surface area (Å²) in [6.07, 6.45) is 0.443. The van der Waals surface area contributed by atoms with Gasteiger partial charge in [-0.15, -0.1) is 0 Å². The molecule has 106 valence electrons. The van der Waals surface area contributed by atoms with Gasteiger partial charge >= 0.3 is 0 Å². The normalized spacial score (nSPS) is 12.2. The molecular weight excluding hydrogens is 240 g/mol. The Morgan fingerprint density at radius 1 is 1.32 bits per heavy atom. The van der Waals surface area contributed by atoms with Crippen LogP contribution in [0.1, 0.15) is 19.4 Å². The summed E-state index contributed by atoms with van der Waals surface area (Å²) in [5.41, 5.74) is 6.80. The highest BCUT2D eigenvalue weighted by Crippen LogP contribution is 2.04. The maximum atomic E-state index is 12.2. The van der Waals surface area contributed by atoms with Crippen molar-refractivity contribution in [3.05, 3.63) is 35.9 Å². The summed E-state index contributed by atoms with van der Waals surface area (Å²) in [5, 5.41) is 0. The average Bonchev–Trinajstić information content (AvgIpc) is 2.44. The molecule has 1 unspecified atom stereocenters. The summed E-state index contributed by atoms with van der Waals surface area (Å²) in [6, 6.07) is 10.1. The maximum Gasteiger partial charge on any atom is 0.251 e. The second kappa shape index (κ2) is 8.67. The maximum absolute atomic E-state index is 12.2. The van der Waals surface area contributed by atoms with E-state index in [2.05, 4.69) is 12.1 Å². The third-order valence-corrected chi connectivity index (χ3v) is 2.99. The van der Waals surface area contributed by atoms with Gasteiger partial charge in [0.25, 0.3) is 5.91 Å². The number of hydrogen-bond acceptors (Lipinski definition) is 3. The topological polar surface area (TPSA) is 55.6 Å². The molecule has 4 nitrogen and oxygen atoms in total. The van der Waals surface area contributed by atoms with Crippen molar-refractivity contribution >= 4 is 5.91 Å². The molecule has 1 amide bonds. The van der Waals surface area contributed by atoms with Crippen molar-refractivity contribution < 1.29 is 9.53 Å². The standard InChI is InChI=1S/C15H24N2O2/c1-3-19-13(2)15(18)17(12-10-16)11-9-14-7-5-4-6-8-14/h4-8,13H,3,9-12,16H2,1-2H3. The zero-order valence-electron chi connectivity index (χ0n) is 11.8. The first-order valence-corrected chi connectivity index (χ1v) is 6.83. The van der Waals surface area contributed by atoms with Gasteiger partial charge in [-0.1, -0.05) is 30.3 Å². The lowest BCUT2D eigenvalue weighted by atomic mass is 10.1. The molecule has 0 saturated heterocycles. The van der Waals surface area contributed by atoms with Crippen LogP contribution < -0.4 is 5.73 Å². The lowest BCUT2D eigenvalue weighted by Gasteiger charge is -2.25. The Morgan fingerprint density at radius 3 is 2.58 bits per heavy atom. The van der Waals surface area contributed by atoms with Crippen molar-refractivity contribution in [2.75, 3.05) is 26.2 Å². The van der Waals surface area contributed by atoms with Crippen molar-refractivity contribution in [1.29, 1.82) is 0 Å². The van der Waals surface area contributed by atoms with Gasteiger partial charge < -0.3 is 15.4 Å². The summed E-state index contributed by atoms with van der Waals surface area (Å²) in [4.78, 5) is 14.0. The smallest absolute Gasteiger partial charge is 0.251 e. The van der Waals surface area contributed by atoms with Crippen molar-refractivity contribution in [2.24, 2.45) is 5.73 Å². The minimum absolute atomic E-state index is 0.0169. The Morgan fingerprint density at radius 2 is 2.00 bits per heavy atom. The van der Waals surface area contributed by atoms with Crippen molar-refractivity contribution in [1.82, 2.24) is 4.90 Å². The molecule has 0 radical (unpaired) electrons. The number of rotatable bonds is 8. The average molecular weight is 264 g/mol. The number of carbonyl (C=O) groups is 1. The molecule has 0 aliphatic carbocycles. The predicted octanol–water partition coefficient (Wildman–Crippen LogP) is 1.44. The Bertz CT molecular complexity index is 368. The van der Waals surface area contributed by atoms with Gasteiger partial charge in [0.05, 0.1) is 0 Å². The Balaban J connectivity index is 2.54. The first-order valence-electron chi connectivity index (χ1n) is 6.83. The lowest BCUT2D eigenvalue weighted by molar-refractivity contribution is -0.142. The van der Waals surface area contributed by atoms with E-state index in [0.717, 1.165) is 6.42 Å². The molecule has 19 heavy (non-hydrogen) atoms. The minimum atomic E-state index is -0.396. The van der Waals surface area contributed by atoms with Crippen LogP contribution >= 0.6 is 0 Å². The number of nitrogens with two attached hydrogens (primary N) is 1. The summed E-state index contributed by atoms with van der Waals surface area (Å²) >= 11 is 0. The van der Waals surface area contributed by atoms with Gasteiger partial charge in [0.1, 0.15) is 6.10 Å². The van der Waals surface area contributed by atoms with E-state index >= 15 is 0 Å². The van der Waals surface area contributed by atoms with E-state index in [0.29, 0.717) is 26.2 Å². The fourth-order valence-electron chi connectivity index (χ4n) is 1.98. The van der Waals surface area contributed by atoms with Crippen LogP contribution in [-0.2, 0) is 16.0 Å². The summed E-state index contributed by atoms with van der Waals surface area (Å²) < 4.78 is 5.35. The molecule has 1 aromatic carbocycles. The molecule has 1 rings (SSSR count). The number of carbonyl (C=O) groups excluding carboxylic acids is 1. The molecule has 2 N–H and O–H groups in total. The quantitative estimate of drug-likeness (QED) is 0.773. The highest BCUT2D eigenvalue weighted by Gasteiger charge is 2.19. The van der Waals surface area contributed by atoms with Gasteiger partial charge in [-0.3, -0.25) is 4.79 Å². The summed E-state index contributed by atoms with van der Waals surface area (Å²) in [6.45, 7) is 5.95. The van der Waals surface area contributed by atoms with E-state index in [4.69, 9.17) is 10.5 Å². The number of hydrogen-bond donors (Lipinski definition) is 1. The van der Waals surface area contributed by atoms with Crippen LogP contribution in [0.2, 0.25) is 0 Å². The Hall–Kier alpha value is -1.39. The first-order chi connectivity index (χ1) is 9.19.